The lowest BCUT2D eigenvalue weighted by atomic mass is 10.2. The SMILES string of the molecule is Cc1ccccc1Nc1cc(C#N)nc(NN)n1. The van der Waals surface area contributed by atoms with Gasteiger partial charge in [-0.15, -0.1) is 0 Å². The first-order valence-electron chi connectivity index (χ1n) is 5.31. The zero-order chi connectivity index (χ0) is 13.0. The molecule has 0 amide bonds. The molecular formula is C12H12N6. The summed E-state index contributed by atoms with van der Waals surface area (Å²) in [6.07, 6.45) is 0. The summed E-state index contributed by atoms with van der Waals surface area (Å²) >= 11 is 0. The number of aryl methyl sites for hydroxylation is 1. The van der Waals surface area contributed by atoms with E-state index in [2.05, 4.69) is 20.7 Å². The van der Waals surface area contributed by atoms with Crippen molar-refractivity contribution < 1.29 is 0 Å². The Balaban J connectivity index is 2.35. The maximum Gasteiger partial charge on any atom is 0.240 e. The molecule has 0 atom stereocenters. The number of nitrogens with two attached hydrogens (primary N) is 1. The van der Waals surface area contributed by atoms with Gasteiger partial charge >= 0.3 is 0 Å². The number of anilines is 3. The Morgan fingerprint density at radius 3 is 2.72 bits per heavy atom. The first-order chi connectivity index (χ1) is 8.72. The van der Waals surface area contributed by atoms with E-state index in [1.54, 1.807) is 6.07 Å². The fourth-order valence-corrected chi connectivity index (χ4v) is 1.48. The molecule has 0 fully saturated rings. The van der Waals surface area contributed by atoms with Gasteiger partial charge in [0.1, 0.15) is 17.6 Å². The van der Waals surface area contributed by atoms with E-state index in [1.807, 2.05) is 37.3 Å². The Hall–Kier alpha value is -2.65. The van der Waals surface area contributed by atoms with E-state index in [0.717, 1.165) is 11.3 Å². The minimum atomic E-state index is 0.199. The van der Waals surface area contributed by atoms with Crippen LogP contribution in [0.3, 0.4) is 0 Å². The fraction of sp³-hybridized carbons (Fsp3) is 0.0833. The molecule has 0 spiro atoms. The zero-order valence-corrected chi connectivity index (χ0v) is 9.81. The Bertz CT molecular complexity index is 602. The van der Waals surface area contributed by atoms with Crippen LogP contribution in [0.5, 0.6) is 0 Å². The number of nitriles is 1. The van der Waals surface area contributed by atoms with Gasteiger partial charge in [0.15, 0.2) is 0 Å². The molecule has 6 nitrogen and oxygen atoms in total. The molecule has 0 radical (unpaired) electrons. The summed E-state index contributed by atoms with van der Waals surface area (Å²) in [6.45, 7) is 1.98. The summed E-state index contributed by atoms with van der Waals surface area (Å²) in [5.74, 6) is 5.97. The number of benzene rings is 1. The van der Waals surface area contributed by atoms with Crippen molar-refractivity contribution in [2.45, 2.75) is 6.92 Å². The Morgan fingerprint density at radius 2 is 2.06 bits per heavy atom. The molecule has 4 N–H and O–H groups in total. The number of hydrogen-bond acceptors (Lipinski definition) is 6. The van der Waals surface area contributed by atoms with Crippen LogP contribution in [0.4, 0.5) is 17.5 Å². The highest BCUT2D eigenvalue weighted by molar-refractivity contribution is 5.61. The highest BCUT2D eigenvalue weighted by Crippen LogP contribution is 2.19. The molecule has 1 aromatic carbocycles. The number of hydrazine groups is 1. The Labute approximate surface area is 104 Å². The number of nitrogens with zero attached hydrogens (tertiary/aromatic N) is 3. The van der Waals surface area contributed by atoms with Gasteiger partial charge in [-0.2, -0.15) is 10.2 Å². The summed E-state index contributed by atoms with van der Waals surface area (Å²) in [5.41, 5.74) is 4.57. The molecule has 6 heteroatoms. The molecule has 18 heavy (non-hydrogen) atoms. The largest absolute Gasteiger partial charge is 0.340 e. The summed E-state index contributed by atoms with van der Waals surface area (Å²) in [7, 11) is 0. The van der Waals surface area contributed by atoms with Crippen molar-refractivity contribution in [2.75, 3.05) is 10.7 Å². The number of aromatic nitrogens is 2. The molecule has 0 aliphatic heterocycles. The molecule has 0 bridgehead atoms. The second-order valence-electron chi connectivity index (χ2n) is 3.66. The standard InChI is InChI=1S/C12H12N6/c1-8-4-2-3-5-10(8)16-11-6-9(7-13)15-12(17-11)18-14/h2-6H,14H2,1H3,(H2,15,16,17,18). The third-order valence-electron chi connectivity index (χ3n) is 2.38. The molecule has 1 aromatic heterocycles. The molecule has 0 saturated heterocycles. The predicted molar refractivity (Wildman–Crippen MR) is 69.0 cm³/mol. The van der Waals surface area contributed by atoms with Crippen LogP contribution in [0, 0.1) is 18.3 Å². The molecule has 0 aliphatic carbocycles. The van der Waals surface area contributed by atoms with Gasteiger partial charge in [0.25, 0.3) is 0 Å². The molecule has 0 aliphatic rings. The second kappa shape index (κ2) is 5.12. The van der Waals surface area contributed by atoms with E-state index in [0.29, 0.717) is 5.82 Å². The van der Waals surface area contributed by atoms with Crippen LogP contribution >= 0.6 is 0 Å². The lowest BCUT2D eigenvalue weighted by Gasteiger charge is -2.09. The number of rotatable bonds is 3. The van der Waals surface area contributed by atoms with E-state index < -0.39 is 0 Å². The van der Waals surface area contributed by atoms with E-state index in [4.69, 9.17) is 11.1 Å². The van der Waals surface area contributed by atoms with Crippen LogP contribution < -0.4 is 16.6 Å². The Kier molecular flexibility index (Phi) is 3.36. The van der Waals surface area contributed by atoms with Gasteiger partial charge in [0, 0.05) is 11.8 Å². The van der Waals surface area contributed by atoms with Crippen LogP contribution in [0.2, 0.25) is 0 Å². The van der Waals surface area contributed by atoms with Gasteiger partial charge in [0.2, 0.25) is 5.95 Å². The van der Waals surface area contributed by atoms with Crippen LogP contribution in [0.25, 0.3) is 0 Å². The molecule has 2 rings (SSSR count). The van der Waals surface area contributed by atoms with Crippen molar-refractivity contribution in [1.82, 2.24) is 9.97 Å². The van der Waals surface area contributed by atoms with E-state index in [-0.39, 0.29) is 11.6 Å². The van der Waals surface area contributed by atoms with Gasteiger partial charge < -0.3 is 5.32 Å². The smallest absolute Gasteiger partial charge is 0.240 e. The van der Waals surface area contributed by atoms with Gasteiger partial charge in [-0.3, -0.25) is 5.43 Å². The van der Waals surface area contributed by atoms with E-state index in [9.17, 15) is 0 Å². The van der Waals surface area contributed by atoms with Crippen LogP contribution in [-0.4, -0.2) is 9.97 Å². The molecule has 0 unspecified atom stereocenters. The predicted octanol–water partition coefficient (Wildman–Crippen LogP) is 1.69. The molecular weight excluding hydrogens is 228 g/mol. The fourth-order valence-electron chi connectivity index (χ4n) is 1.48. The van der Waals surface area contributed by atoms with E-state index >= 15 is 0 Å². The second-order valence-corrected chi connectivity index (χ2v) is 3.66. The summed E-state index contributed by atoms with van der Waals surface area (Å²) in [6, 6.07) is 11.3. The normalized spacial score (nSPS) is 9.61. The summed E-state index contributed by atoms with van der Waals surface area (Å²) in [4.78, 5) is 8.01. The van der Waals surface area contributed by atoms with E-state index in [1.165, 1.54) is 0 Å². The lowest BCUT2D eigenvalue weighted by Crippen LogP contribution is -2.12. The van der Waals surface area contributed by atoms with Crippen LogP contribution in [0.1, 0.15) is 11.3 Å². The summed E-state index contributed by atoms with van der Waals surface area (Å²) < 4.78 is 0. The van der Waals surface area contributed by atoms with Gasteiger partial charge in [-0.1, -0.05) is 18.2 Å². The quantitative estimate of drug-likeness (QED) is 0.557. The van der Waals surface area contributed by atoms with Crippen molar-refractivity contribution in [3.8, 4) is 6.07 Å². The van der Waals surface area contributed by atoms with Crippen LogP contribution in [-0.2, 0) is 0 Å². The first-order valence-corrected chi connectivity index (χ1v) is 5.31. The average Bonchev–Trinajstić information content (AvgIpc) is 2.41. The Morgan fingerprint density at radius 1 is 1.28 bits per heavy atom. The zero-order valence-electron chi connectivity index (χ0n) is 9.81. The van der Waals surface area contributed by atoms with Crippen molar-refractivity contribution in [3.05, 3.63) is 41.6 Å². The van der Waals surface area contributed by atoms with Crippen LogP contribution in [0.15, 0.2) is 30.3 Å². The maximum atomic E-state index is 8.87. The number of para-hydroxylation sites is 1. The summed E-state index contributed by atoms with van der Waals surface area (Å²) in [5, 5.41) is 12.0. The average molecular weight is 240 g/mol. The van der Waals surface area contributed by atoms with Crippen molar-refractivity contribution in [3.63, 3.8) is 0 Å². The monoisotopic (exact) mass is 240 g/mol. The molecule has 2 aromatic rings. The lowest BCUT2D eigenvalue weighted by molar-refractivity contribution is 1.10. The van der Waals surface area contributed by atoms with Crippen molar-refractivity contribution >= 4 is 17.5 Å². The first kappa shape index (κ1) is 11.8. The third kappa shape index (κ3) is 2.53. The number of nitrogens with one attached hydrogen (secondary N) is 2. The molecule has 0 saturated carbocycles. The maximum absolute atomic E-state index is 8.87. The van der Waals surface area contributed by atoms with Gasteiger partial charge in [0.05, 0.1) is 0 Å². The highest BCUT2D eigenvalue weighted by atomic mass is 15.3. The third-order valence-corrected chi connectivity index (χ3v) is 2.38. The molecule has 90 valence electrons. The minimum absolute atomic E-state index is 0.199. The molecule has 1 heterocycles. The minimum Gasteiger partial charge on any atom is -0.340 e. The van der Waals surface area contributed by atoms with Gasteiger partial charge in [-0.05, 0) is 18.6 Å². The van der Waals surface area contributed by atoms with Crippen molar-refractivity contribution in [2.24, 2.45) is 5.84 Å². The topological polar surface area (TPSA) is 99.7 Å². The number of hydrogen-bond donors (Lipinski definition) is 3. The van der Waals surface area contributed by atoms with Crippen molar-refractivity contribution in [1.29, 1.82) is 5.26 Å². The number of nitrogen functional groups attached to an aromatic ring is 1. The highest BCUT2D eigenvalue weighted by Gasteiger charge is 2.04. The van der Waals surface area contributed by atoms with Gasteiger partial charge in [-0.25, -0.2) is 10.8 Å².